The fraction of sp³-hybridized carbons (Fsp3) is 0.476. The molecule has 6 rings (SSSR count). The molecule has 0 spiro atoms. The van der Waals surface area contributed by atoms with Crippen molar-refractivity contribution in [3.63, 3.8) is 0 Å². The van der Waals surface area contributed by atoms with Crippen LogP contribution in [0.3, 0.4) is 0 Å². The van der Waals surface area contributed by atoms with Crippen LogP contribution >= 0.6 is 23.1 Å². The molecule has 1 saturated heterocycles. The third-order valence-corrected chi connectivity index (χ3v) is 9.96. The van der Waals surface area contributed by atoms with Crippen LogP contribution in [-0.2, 0) is 19.1 Å². The highest BCUT2D eigenvalue weighted by atomic mass is 32.2. The molecule has 2 aliphatic heterocycles. The van der Waals surface area contributed by atoms with Gasteiger partial charge in [-0.3, -0.25) is 29.1 Å². The lowest BCUT2D eigenvalue weighted by Gasteiger charge is -2.42. The van der Waals surface area contributed by atoms with Crippen LogP contribution in [0.1, 0.15) is 22.8 Å². The highest BCUT2D eigenvalue weighted by Crippen LogP contribution is 2.68. The number of carbonyl (C=O) groups excluding carboxylic acids is 3. The van der Waals surface area contributed by atoms with Crippen molar-refractivity contribution in [1.29, 1.82) is 0 Å². The van der Waals surface area contributed by atoms with E-state index in [-0.39, 0.29) is 52.2 Å². The maximum Gasteiger partial charge on any atom is 0.325 e. The quantitative estimate of drug-likeness (QED) is 0.549. The van der Waals surface area contributed by atoms with E-state index in [4.69, 9.17) is 0 Å². The molecule has 1 N–H and O–H groups in total. The number of nitrogens with zero attached hydrogens (tertiary/aromatic N) is 2. The largest absolute Gasteiger partial charge is 0.468 e. The number of hydrogen-bond donors (Lipinski definition) is 1. The first-order valence-corrected chi connectivity index (χ1v) is 11.9. The monoisotopic (exact) mass is 457 g/mol. The van der Waals surface area contributed by atoms with Crippen molar-refractivity contribution >= 4 is 40.9 Å². The first kappa shape index (κ1) is 19.2. The number of H-pyrrole nitrogens is 1. The van der Waals surface area contributed by atoms with Crippen LogP contribution in [0.4, 0.5) is 0 Å². The van der Waals surface area contributed by atoms with Gasteiger partial charge in [0.15, 0.2) is 0 Å². The van der Waals surface area contributed by atoms with Crippen LogP contribution in [0.2, 0.25) is 0 Å². The van der Waals surface area contributed by atoms with Crippen LogP contribution < -0.4 is 4.87 Å². The van der Waals surface area contributed by atoms with E-state index in [1.807, 2.05) is 18.3 Å². The molecular weight excluding hydrogens is 438 g/mol. The zero-order chi connectivity index (χ0) is 21.4. The molecule has 10 heteroatoms. The van der Waals surface area contributed by atoms with Gasteiger partial charge < -0.3 is 9.72 Å². The maximum absolute atomic E-state index is 13.2. The van der Waals surface area contributed by atoms with E-state index < -0.39 is 17.8 Å². The van der Waals surface area contributed by atoms with Crippen molar-refractivity contribution in [1.82, 2.24) is 14.9 Å². The number of methoxy groups -OCH3 is 1. The first-order chi connectivity index (χ1) is 15.0. The van der Waals surface area contributed by atoms with Gasteiger partial charge in [-0.05, 0) is 35.8 Å². The smallest absolute Gasteiger partial charge is 0.325 e. The Hall–Kier alpha value is -2.46. The zero-order valence-electron chi connectivity index (χ0n) is 16.5. The summed E-state index contributed by atoms with van der Waals surface area (Å²) in [6.45, 7) is -0.324. The molecule has 160 valence electrons. The summed E-state index contributed by atoms with van der Waals surface area (Å²) in [5.74, 6) is -1.72. The number of thiazole rings is 1. The molecule has 2 aromatic heterocycles. The fourth-order valence-electron chi connectivity index (χ4n) is 6.36. The lowest BCUT2D eigenvalue weighted by molar-refractivity contribution is -0.151. The van der Waals surface area contributed by atoms with Crippen LogP contribution in [-0.4, -0.2) is 51.6 Å². The second-order valence-corrected chi connectivity index (χ2v) is 10.8. The summed E-state index contributed by atoms with van der Waals surface area (Å²) in [5, 5.41) is 1.00. The number of imide groups is 1. The predicted molar refractivity (Wildman–Crippen MR) is 111 cm³/mol. The molecule has 2 saturated carbocycles. The number of thioether (sulfide) groups is 1. The van der Waals surface area contributed by atoms with Gasteiger partial charge in [-0.2, -0.15) is 0 Å². The van der Waals surface area contributed by atoms with E-state index in [2.05, 4.69) is 14.7 Å². The Morgan fingerprint density at radius 1 is 1.26 bits per heavy atom. The molecule has 0 unspecified atom stereocenters. The Balaban J connectivity index is 1.43. The van der Waals surface area contributed by atoms with Gasteiger partial charge in [0.1, 0.15) is 6.54 Å². The average Bonchev–Trinajstić information content (AvgIpc) is 3.49. The number of esters is 1. The Bertz CT molecular complexity index is 1160. The number of fused-ring (bicyclic) bond motifs is 9. The molecule has 2 aliphatic carbocycles. The summed E-state index contributed by atoms with van der Waals surface area (Å²) in [6.07, 6.45) is 4.37. The number of nitrogens with one attached hydrogen (secondary N) is 1. The summed E-state index contributed by atoms with van der Waals surface area (Å²) in [5.41, 5.74) is 1.03. The second kappa shape index (κ2) is 6.77. The van der Waals surface area contributed by atoms with Gasteiger partial charge in [-0.25, -0.2) is 0 Å². The molecule has 4 heterocycles. The Kier molecular flexibility index (Phi) is 4.20. The number of aromatic amines is 1. The summed E-state index contributed by atoms with van der Waals surface area (Å²) in [4.78, 5) is 59.6. The van der Waals surface area contributed by atoms with Gasteiger partial charge in [-0.15, -0.1) is 11.8 Å². The van der Waals surface area contributed by atoms with Crippen molar-refractivity contribution < 1.29 is 19.1 Å². The predicted octanol–water partition coefficient (Wildman–Crippen LogP) is 1.48. The molecule has 4 aliphatic rings. The van der Waals surface area contributed by atoms with E-state index in [0.29, 0.717) is 0 Å². The summed E-state index contributed by atoms with van der Waals surface area (Å²) in [7, 11) is 1.25. The van der Waals surface area contributed by atoms with Gasteiger partial charge in [0, 0.05) is 28.4 Å². The van der Waals surface area contributed by atoms with E-state index in [9.17, 15) is 19.2 Å². The van der Waals surface area contributed by atoms with Gasteiger partial charge in [0.05, 0.1) is 24.0 Å². The minimum atomic E-state index is -0.589. The summed E-state index contributed by atoms with van der Waals surface area (Å²) in [6, 6.07) is 3.91. The van der Waals surface area contributed by atoms with E-state index in [1.165, 1.54) is 18.4 Å². The number of carbonyl (C=O) groups is 3. The van der Waals surface area contributed by atoms with Crippen LogP contribution in [0, 0.1) is 29.6 Å². The Morgan fingerprint density at radius 3 is 2.74 bits per heavy atom. The number of hydrogen-bond acceptors (Lipinski definition) is 8. The third-order valence-electron chi connectivity index (χ3n) is 7.37. The SMILES string of the molecule is COC(=O)CN1C(=O)[C@H]2[C@H]3C[C@@H]([C@@H]2C1=O)[C@H]1[C@@H](c2cccnc2)c2sc(=O)[nH]c2S[C@H]31. The van der Waals surface area contributed by atoms with Gasteiger partial charge in [0.25, 0.3) is 0 Å². The molecule has 2 amide bonds. The average molecular weight is 458 g/mol. The Labute approximate surface area is 185 Å². The van der Waals surface area contributed by atoms with Crippen LogP contribution in [0.5, 0.6) is 0 Å². The van der Waals surface area contributed by atoms with Crippen LogP contribution in [0.25, 0.3) is 0 Å². The molecule has 0 radical (unpaired) electrons. The van der Waals surface area contributed by atoms with E-state index >= 15 is 0 Å². The molecule has 8 nitrogen and oxygen atoms in total. The second-order valence-electron chi connectivity index (χ2n) is 8.59. The molecule has 3 fully saturated rings. The Morgan fingerprint density at radius 2 is 2.03 bits per heavy atom. The minimum Gasteiger partial charge on any atom is -0.468 e. The highest BCUT2D eigenvalue weighted by molar-refractivity contribution is 8.00. The van der Waals surface area contributed by atoms with Crippen molar-refractivity contribution in [2.45, 2.75) is 22.6 Å². The number of ether oxygens (including phenoxy) is 1. The molecule has 7 atom stereocenters. The lowest BCUT2D eigenvalue weighted by atomic mass is 9.68. The van der Waals surface area contributed by atoms with Crippen molar-refractivity contribution in [2.24, 2.45) is 29.6 Å². The molecule has 31 heavy (non-hydrogen) atoms. The molecule has 0 aromatic carbocycles. The number of amides is 2. The van der Waals surface area contributed by atoms with Gasteiger partial charge >= 0.3 is 10.8 Å². The molecule has 2 bridgehead atoms. The standard InChI is InChI=1S/C21H19N3O5S2/c1-29-11(25)7-24-19(26)14-9-5-10(15(14)20(24)27)16-13(9)12(8-3-2-4-22-6-8)17-18(30-16)23-21(28)31-17/h2-4,6,9-10,12-16H,5,7H2,1H3,(H,23,28)/t9-,10-,12-,13+,14+,15+,16-/m1/s1. The highest BCUT2D eigenvalue weighted by Gasteiger charge is 2.69. The lowest BCUT2D eigenvalue weighted by Crippen LogP contribution is -2.42. The third kappa shape index (κ3) is 2.57. The fourth-order valence-corrected chi connectivity index (χ4v) is 9.25. The van der Waals surface area contributed by atoms with E-state index in [0.717, 1.165) is 26.8 Å². The van der Waals surface area contributed by atoms with Crippen molar-refractivity contribution in [3.05, 3.63) is 44.6 Å². The van der Waals surface area contributed by atoms with Crippen molar-refractivity contribution in [2.75, 3.05) is 13.7 Å². The van der Waals surface area contributed by atoms with E-state index in [1.54, 1.807) is 18.0 Å². The van der Waals surface area contributed by atoms with Gasteiger partial charge in [0.2, 0.25) is 11.8 Å². The number of pyridine rings is 1. The molecular formula is C21H19N3O5S2. The number of rotatable bonds is 3. The number of likely N-dealkylation sites (tertiary alicyclic amines) is 1. The number of aromatic nitrogens is 2. The van der Waals surface area contributed by atoms with Gasteiger partial charge in [-0.1, -0.05) is 17.4 Å². The normalized spacial score (nSPS) is 35.1. The zero-order valence-corrected chi connectivity index (χ0v) is 18.2. The topological polar surface area (TPSA) is 109 Å². The van der Waals surface area contributed by atoms with Crippen molar-refractivity contribution in [3.8, 4) is 0 Å². The summed E-state index contributed by atoms with van der Waals surface area (Å²) >= 11 is 2.87. The summed E-state index contributed by atoms with van der Waals surface area (Å²) < 4.78 is 4.68. The minimum absolute atomic E-state index is 0.0298. The first-order valence-electron chi connectivity index (χ1n) is 10.2. The molecule has 2 aromatic rings. The maximum atomic E-state index is 13.2. The van der Waals surface area contributed by atoms with Crippen LogP contribution in [0.15, 0.2) is 34.3 Å².